The van der Waals surface area contributed by atoms with E-state index >= 15 is 0 Å². The van der Waals surface area contributed by atoms with Gasteiger partial charge in [-0.15, -0.1) is 53.2 Å². The lowest BCUT2D eigenvalue weighted by Gasteiger charge is -2.15. The summed E-state index contributed by atoms with van der Waals surface area (Å²) >= 11 is 20.6. The molecule has 45 heteroatoms. The average molecular weight is 2380 g/mol. The molecule has 11 aromatic carbocycles. The number of nitrogen functional groups attached to an aromatic ring is 2. The van der Waals surface area contributed by atoms with Gasteiger partial charge in [0.15, 0.2) is 0 Å². The summed E-state index contributed by atoms with van der Waals surface area (Å²) in [6, 6.07) is 58.0. The average Bonchev–Trinajstić information content (AvgIpc) is 1.45. The third kappa shape index (κ3) is 30.4. The van der Waals surface area contributed by atoms with Crippen molar-refractivity contribution in [2.24, 2.45) is 0 Å². The lowest BCUT2D eigenvalue weighted by atomic mass is 9.80. The molecule has 0 saturated carbocycles. The number of rotatable bonds is 27. The Morgan fingerprint density at radius 2 is 0.638 bits per heavy atom. The quantitative estimate of drug-likeness (QED) is 0.0216. The first kappa shape index (κ1) is 109. The molecule has 0 spiro atoms. The Morgan fingerprint density at radius 1 is 0.348 bits per heavy atom. The van der Waals surface area contributed by atoms with Crippen molar-refractivity contribution >= 4 is 230 Å². The summed E-state index contributed by atoms with van der Waals surface area (Å²) in [6.07, 6.45) is 7.16. The van der Waals surface area contributed by atoms with Crippen molar-refractivity contribution < 1.29 is 54.2 Å². The zero-order valence-corrected chi connectivity index (χ0v) is 90.8. The molecule has 0 unspecified atom stereocenters. The number of nitrogens with zero attached hydrogens (tertiary/aromatic N) is 15. The Kier molecular flexibility index (Phi) is 39.8. The minimum absolute atomic E-state index is 0. The summed E-state index contributed by atoms with van der Waals surface area (Å²) < 4.78 is 109. The summed E-state index contributed by atoms with van der Waals surface area (Å²) in [5.74, 6) is 3.97. The minimum atomic E-state index is -3.57. The van der Waals surface area contributed by atoms with Gasteiger partial charge in [0.25, 0.3) is 0 Å². The predicted molar refractivity (Wildman–Crippen MR) is 578 cm³/mol. The van der Waals surface area contributed by atoms with Crippen molar-refractivity contribution in [3.05, 3.63) is 243 Å². The topological polar surface area (TPSA) is 456 Å². The van der Waals surface area contributed by atoms with Crippen LogP contribution in [-0.4, -0.2) is 225 Å². The van der Waals surface area contributed by atoms with Gasteiger partial charge in [-0.05, 0) is 361 Å². The van der Waals surface area contributed by atoms with Gasteiger partial charge < -0.3 is 65.8 Å². The highest BCUT2D eigenvalue weighted by Gasteiger charge is 2.24. The fourth-order valence-electron chi connectivity index (χ4n) is 15.4. The number of hydrogen-bond donors (Lipinski definition) is 9. The van der Waals surface area contributed by atoms with Crippen molar-refractivity contribution in [1.82, 2.24) is 89.6 Å². The van der Waals surface area contributed by atoms with Crippen LogP contribution >= 0.6 is 108 Å². The SMILES string of the molecule is COc1ccc(Br)c(-c2cc(C)c3nc(N)nnc3c2)c1.COc1ccc(Br)c(-c2cc(C)c3nc(Nc4ccc(S(=O)(=O)NCCN5CCCC5)cc4)nnc3c2)c1.COc1ccc(Br)c(-c2cc(C)c3nc(Nc4ccc(S(=O)(=O)NCCN5CCCC5)cc4)nnc3c2)c1.COc1ccc(Br)c(B(O)O)c1.Cc1cc(Br)cc2nnc(N)nc12.Cl.O=S(=O)(NCCN1CCCC1)c1ccc(Br)cc1. The maximum atomic E-state index is 12.7. The van der Waals surface area contributed by atoms with Crippen molar-refractivity contribution in [1.29, 1.82) is 0 Å². The first-order valence-electron chi connectivity index (χ1n) is 44.3. The summed E-state index contributed by atoms with van der Waals surface area (Å²) in [5, 5.41) is 56.8. The number of methoxy groups -OCH3 is 4. The van der Waals surface area contributed by atoms with Crippen LogP contribution in [0, 0.1) is 27.7 Å². The van der Waals surface area contributed by atoms with Gasteiger partial charge in [0.05, 0.1) is 65.2 Å². The molecule has 34 nitrogen and oxygen atoms in total. The van der Waals surface area contributed by atoms with E-state index in [-0.39, 0.29) is 34.1 Å². The van der Waals surface area contributed by atoms with Gasteiger partial charge in [0.1, 0.15) is 45.1 Å². The molecule has 7 heterocycles. The van der Waals surface area contributed by atoms with Crippen LogP contribution < -0.4 is 60.7 Å². The number of anilines is 6. The normalized spacial score (nSPS) is 13.2. The summed E-state index contributed by atoms with van der Waals surface area (Å²) in [4.78, 5) is 25.2. The second-order valence-electron chi connectivity index (χ2n) is 32.6. The molecular weight excluding hydrogens is 2280 g/mol. The predicted octanol–water partition coefficient (Wildman–Crippen LogP) is 17.2. The maximum Gasteiger partial charge on any atom is 0.489 e. The number of halogens is 7. The lowest BCUT2D eigenvalue weighted by molar-refractivity contribution is 0.344. The molecule has 0 amide bonds. The number of nitrogens with one attached hydrogen (secondary N) is 5. The number of benzene rings is 11. The number of sulfonamides is 3. The van der Waals surface area contributed by atoms with E-state index in [2.05, 4.69) is 214 Å². The minimum Gasteiger partial charge on any atom is -0.497 e. The Bertz CT molecular complexity index is 7020. The van der Waals surface area contributed by atoms with E-state index in [9.17, 15) is 25.3 Å². The third-order valence-electron chi connectivity index (χ3n) is 22.7. The summed E-state index contributed by atoms with van der Waals surface area (Å²) in [6.45, 7) is 17.7. The van der Waals surface area contributed by atoms with Crippen LogP contribution in [0.4, 0.5) is 35.2 Å². The van der Waals surface area contributed by atoms with Crippen LogP contribution in [0.3, 0.4) is 0 Å². The number of hydrogen-bond acceptors (Lipinski definition) is 31. The third-order valence-corrected chi connectivity index (χ3v) is 30.9. The molecule has 0 atom stereocenters. The molecule has 3 aliphatic heterocycles. The first-order chi connectivity index (χ1) is 67.1. The van der Waals surface area contributed by atoms with Gasteiger partial charge in [0.2, 0.25) is 53.9 Å². The Balaban J connectivity index is 0.000000159. The molecule has 15 aromatic rings. The van der Waals surface area contributed by atoms with E-state index in [1.807, 2.05) is 113 Å². The van der Waals surface area contributed by atoms with Gasteiger partial charge >= 0.3 is 7.12 Å². The zero-order chi connectivity index (χ0) is 100.0. The lowest BCUT2D eigenvalue weighted by Crippen LogP contribution is -2.33. The van der Waals surface area contributed by atoms with Gasteiger partial charge in [-0.2, -0.15) is 0 Å². The fraction of sp³-hybridized carbons (Fsp3) is 0.271. The van der Waals surface area contributed by atoms with Gasteiger partial charge in [-0.1, -0.05) is 95.6 Å². The van der Waals surface area contributed by atoms with Crippen LogP contribution in [0.2, 0.25) is 0 Å². The number of nitrogens with two attached hydrogens (primary N) is 2. The monoisotopic (exact) mass is 2370 g/mol. The molecule has 740 valence electrons. The van der Waals surface area contributed by atoms with E-state index in [1.54, 1.807) is 112 Å². The Morgan fingerprint density at radius 3 is 0.965 bits per heavy atom. The molecule has 3 fully saturated rings. The number of fused-ring (bicyclic) bond motifs is 4. The van der Waals surface area contributed by atoms with Crippen LogP contribution in [-0.2, 0) is 30.1 Å². The van der Waals surface area contributed by atoms with Crippen molar-refractivity contribution in [2.45, 2.75) is 80.9 Å². The standard InChI is InChI=1S/2C27H29BrN6O3S.C15H13BrN4O.C12H17BrN2O2S.C8H7BrN4.C7H8BBrO3.ClH/c2*1-18-15-19(23-17-21(37-2)7-10-24(23)28)16-25-26(18)31-27(33-32-25)30-20-5-8-22(9-6-20)38(35,36)29-11-14-34-12-3-4-13-34;1-8-5-9(6-13-14(8)18-15(17)20-19-13)11-7-10(21-2)3-4-12(11)16;13-11-3-5-12(6-4-11)18(16,17)14-7-10-15-8-1-2-9-15;1-4-2-5(9)3-6-7(4)11-8(10)13-12-6;1-12-5-2-3-7(9)6(4-5)8(10)11;/h2*5-10,15-17,29H,3-4,11-14H2,1-2H3,(H,30,31,33);3-7H,1-2H3,(H2,17,18,20);3-6,14H,1-2,7-10H2;2-3H,1H3,(H2,10,11,13);2-4,10-11H,1H3;1H. The highest BCUT2D eigenvalue weighted by molar-refractivity contribution is 9.11. The van der Waals surface area contributed by atoms with E-state index in [4.69, 9.17) is 40.5 Å². The van der Waals surface area contributed by atoms with Crippen LogP contribution in [0.5, 0.6) is 23.0 Å². The van der Waals surface area contributed by atoms with Gasteiger partial charge in [-0.3, -0.25) is 0 Å². The molecule has 0 aliphatic carbocycles. The van der Waals surface area contributed by atoms with E-state index in [0.717, 1.165) is 182 Å². The zero-order valence-electron chi connectivity index (χ0n) is 78.0. The molecule has 3 saturated heterocycles. The molecule has 0 bridgehead atoms. The van der Waals surface area contributed by atoms with E-state index in [1.165, 1.54) is 45.6 Å². The smallest absolute Gasteiger partial charge is 0.489 e. The second kappa shape index (κ2) is 51.2. The van der Waals surface area contributed by atoms with E-state index < -0.39 is 37.2 Å². The molecular formula is C96H104BBr6ClN22O12S3. The number of ether oxygens (including phenoxy) is 4. The van der Waals surface area contributed by atoms with Gasteiger partial charge in [0, 0.05) is 77.5 Å². The maximum absolute atomic E-state index is 12.7. The molecule has 11 N–H and O–H groups in total. The number of likely N-dealkylation sites (tertiary alicyclic amines) is 3. The molecule has 3 aliphatic rings. The molecule has 0 radical (unpaired) electrons. The second-order valence-corrected chi connectivity index (χ2v) is 43.1. The van der Waals surface area contributed by atoms with Crippen LogP contribution in [0.15, 0.2) is 236 Å². The molecule has 4 aromatic heterocycles. The molecule has 141 heavy (non-hydrogen) atoms. The Labute approximate surface area is 875 Å². The van der Waals surface area contributed by atoms with Crippen molar-refractivity contribution in [3.8, 4) is 56.4 Å². The Hall–Kier alpha value is -10.3. The number of aromatic nitrogens is 12. The first-order valence-corrected chi connectivity index (χ1v) is 53.5. The summed E-state index contributed by atoms with van der Waals surface area (Å²) in [7, 11) is -5.53. The number of aryl methyl sites for hydroxylation is 4. The van der Waals surface area contributed by atoms with E-state index in [0.29, 0.717) is 80.0 Å². The van der Waals surface area contributed by atoms with Crippen molar-refractivity contribution in [2.75, 3.05) is 129 Å². The van der Waals surface area contributed by atoms with Crippen molar-refractivity contribution in [3.63, 3.8) is 0 Å². The highest BCUT2D eigenvalue weighted by atomic mass is 79.9. The fourth-order valence-corrected chi connectivity index (χ4v) is 21.2. The molecule has 18 rings (SSSR count). The summed E-state index contributed by atoms with van der Waals surface area (Å²) in [5.41, 5.74) is 28.5. The largest absolute Gasteiger partial charge is 0.497 e. The highest BCUT2D eigenvalue weighted by Crippen LogP contribution is 2.39. The van der Waals surface area contributed by atoms with Crippen LogP contribution in [0.25, 0.3) is 77.5 Å². The van der Waals surface area contributed by atoms with Gasteiger partial charge in [-0.25, -0.2) is 59.4 Å². The van der Waals surface area contributed by atoms with Crippen LogP contribution in [0.1, 0.15) is 60.8 Å².